The summed E-state index contributed by atoms with van der Waals surface area (Å²) in [7, 11) is 0. The molecule has 0 radical (unpaired) electrons. The van der Waals surface area contributed by atoms with Gasteiger partial charge in [0.25, 0.3) is 0 Å². The predicted octanol–water partition coefficient (Wildman–Crippen LogP) is 0.889. The van der Waals surface area contributed by atoms with Crippen LogP contribution in [0.2, 0.25) is 0 Å². The fourth-order valence-corrected chi connectivity index (χ4v) is 1.04. The molecular formula is C7H15NO2S. The summed E-state index contributed by atoms with van der Waals surface area (Å²) in [5, 5.41) is 8.69. The van der Waals surface area contributed by atoms with Crippen LogP contribution in [0.25, 0.3) is 0 Å². The van der Waals surface area contributed by atoms with Gasteiger partial charge in [-0.3, -0.25) is 4.79 Å². The van der Waals surface area contributed by atoms with Gasteiger partial charge in [-0.2, -0.15) is 12.6 Å². The summed E-state index contributed by atoms with van der Waals surface area (Å²) in [4.78, 5) is 10.6. The predicted molar refractivity (Wildman–Crippen MR) is 47.9 cm³/mol. The van der Waals surface area contributed by atoms with E-state index in [2.05, 4.69) is 12.6 Å². The topological polar surface area (TPSA) is 63.3 Å². The van der Waals surface area contributed by atoms with Crippen LogP contribution in [-0.4, -0.2) is 22.4 Å². The maximum Gasteiger partial charge on any atom is 0.324 e. The van der Waals surface area contributed by atoms with Crippen LogP contribution in [0.4, 0.5) is 0 Å². The van der Waals surface area contributed by atoms with Gasteiger partial charge in [0, 0.05) is 5.75 Å². The van der Waals surface area contributed by atoms with Gasteiger partial charge < -0.3 is 10.8 Å². The number of hydrogen-bond donors (Lipinski definition) is 3. The van der Waals surface area contributed by atoms with Crippen LogP contribution < -0.4 is 5.73 Å². The molecule has 0 aromatic heterocycles. The van der Waals surface area contributed by atoms with Crippen molar-refractivity contribution < 1.29 is 9.90 Å². The number of carbonyl (C=O) groups is 1. The number of hydrogen-bond acceptors (Lipinski definition) is 3. The van der Waals surface area contributed by atoms with Crippen LogP contribution in [0.1, 0.15) is 26.2 Å². The summed E-state index contributed by atoms with van der Waals surface area (Å²) in [6.07, 6.45) is 2.30. The number of thiol groups is 1. The van der Waals surface area contributed by atoms with E-state index in [1.807, 2.05) is 6.92 Å². The van der Waals surface area contributed by atoms with Crippen LogP contribution >= 0.6 is 12.6 Å². The molecule has 0 fully saturated rings. The summed E-state index contributed by atoms with van der Waals surface area (Å²) in [6, 6.07) is 0. The van der Waals surface area contributed by atoms with E-state index in [-0.39, 0.29) is 5.75 Å². The first-order chi connectivity index (χ1) is 5.06. The molecule has 11 heavy (non-hydrogen) atoms. The number of nitrogens with two attached hydrogens (primary N) is 1. The normalized spacial score (nSPS) is 15.9. The van der Waals surface area contributed by atoms with E-state index in [4.69, 9.17) is 10.8 Å². The first kappa shape index (κ1) is 10.8. The van der Waals surface area contributed by atoms with Crippen LogP contribution in [-0.2, 0) is 4.79 Å². The van der Waals surface area contributed by atoms with Gasteiger partial charge in [0.2, 0.25) is 0 Å². The van der Waals surface area contributed by atoms with Crippen molar-refractivity contribution in [3.8, 4) is 0 Å². The molecule has 0 saturated carbocycles. The third-order valence-corrected chi connectivity index (χ3v) is 2.25. The Balaban J connectivity index is 3.99. The Morgan fingerprint density at radius 2 is 2.27 bits per heavy atom. The highest BCUT2D eigenvalue weighted by atomic mass is 32.1. The van der Waals surface area contributed by atoms with E-state index in [9.17, 15) is 4.79 Å². The largest absolute Gasteiger partial charge is 0.480 e. The second-order valence-electron chi connectivity index (χ2n) is 2.72. The van der Waals surface area contributed by atoms with Crippen molar-refractivity contribution in [2.75, 3.05) is 5.75 Å². The fraction of sp³-hybridized carbons (Fsp3) is 0.857. The number of carboxylic acids is 1. The lowest BCUT2D eigenvalue weighted by Crippen LogP contribution is -2.49. The van der Waals surface area contributed by atoms with Crippen molar-refractivity contribution in [3.63, 3.8) is 0 Å². The molecule has 66 valence electrons. The van der Waals surface area contributed by atoms with E-state index in [1.54, 1.807) is 0 Å². The molecule has 3 nitrogen and oxygen atoms in total. The molecule has 0 unspecified atom stereocenters. The lowest BCUT2D eigenvalue weighted by atomic mass is 9.96. The molecule has 0 aromatic carbocycles. The molecule has 0 spiro atoms. The van der Waals surface area contributed by atoms with E-state index >= 15 is 0 Å². The van der Waals surface area contributed by atoms with Gasteiger partial charge in [-0.25, -0.2) is 0 Å². The van der Waals surface area contributed by atoms with Crippen molar-refractivity contribution in [3.05, 3.63) is 0 Å². The second-order valence-corrected chi connectivity index (χ2v) is 3.04. The molecule has 0 aliphatic carbocycles. The number of rotatable bonds is 5. The first-order valence-electron chi connectivity index (χ1n) is 3.70. The average molecular weight is 177 g/mol. The lowest BCUT2D eigenvalue weighted by Gasteiger charge is -2.21. The zero-order valence-electron chi connectivity index (χ0n) is 6.71. The van der Waals surface area contributed by atoms with Crippen LogP contribution in [0, 0.1) is 0 Å². The highest BCUT2D eigenvalue weighted by molar-refractivity contribution is 7.80. The van der Waals surface area contributed by atoms with Crippen molar-refractivity contribution >= 4 is 18.6 Å². The Morgan fingerprint density at radius 3 is 2.55 bits per heavy atom. The Labute approximate surface area is 72.4 Å². The molecule has 3 N–H and O–H groups in total. The molecule has 0 bridgehead atoms. The average Bonchev–Trinajstić information content (AvgIpc) is 2.00. The maximum absolute atomic E-state index is 10.6. The second kappa shape index (κ2) is 4.62. The van der Waals surface area contributed by atoms with Gasteiger partial charge in [-0.05, 0) is 6.42 Å². The molecule has 0 saturated heterocycles. The van der Waals surface area contributed by atoms with Gasteiger partial charge >= 0.3 is 5.97 Å². The number of unbranched alkanes of at least 4 members (excludes halogenated alkanes) is 1. The summed E-state index contributed by atoms with van der Waals surface area (Å²) in [5.74, 6) is -0.761. The van der Waals surface area contributed by atoms with Crippen LogP contribution in [0.3, 0.4) is 0 Å². The zero-order chi connectivity index (χ0) is 8.91. The smallest absolute Gasteiger partial charge is 0.324 e. The molecule has 1 atom stereocenters. The molecule has 0 rings (SSSR count). The summed E-state index contributed by atoms with van der Waals surface area (Å²) >= 11 is 3.91. The summed E-state index contributed by atoms with van der Waals surface area (Å²) < 4.78 is 0. The van der Waals surface area contributed by atoms with Crippen molar-refractivity contribution in [2.24, 2.45) is 5.73 Å². The Hall–Kier alpha value is -0.220. The molecule has 0 amide bonds. The Bertz CT molecular complexity index is 140. The van der Waals surface area contributed by atoms with E-state index < -0.39 is 11.5 Å². The van der Waals surface area contributed by atoms with Gasteiger partial charge in [0.1, 0.15) is 5.54 Å². The minimum atomic E-state index is -1.13. The first-order valence-corrected chi connectivity index (χ1v) is 4.33. The SMILES string of the molecule is CCCC[C@@](N)(CS)C(=O)O. The van der Waals surface area contributed by atoms with Gasteiger partial charge in [-0.1, -0.05) is 19.8 Å². The van der Waals surface area contributed by atoms with Crippen molar-refractivity contribution in [1.82, 2.24) is 0 Å². The summed E-state index contributed by atoms with van der Waals surface area (Å²) in [6.45, 7) is 2.00. The quantitative estimate of drug-likeness (QED) is 0.546. The van der Waals surface area contributed by atoms with E-state index in [0.717, 1.165) is 12.8 Å². The van der Waals surface area contributed by atoms with Crippen molar-refractivity contribution in [1.29, 1.82) is 0 Å². The lowest BCUT2D eigenvalue weighted by molar-refractivity contribution is -0.142. The van der Waals surface area contributed by atoms with E-state index in [1.165, 1.54) is 0 Å². The van der Waals surface area contributed by atoms with Crippen molar-refractivity contribution in [2.45, 2.75) is 31.7 Å². The fourth-order valence-electron chi connectivity index (χ4n) is 0.746. The van der Waals surface area contributed by atoms with Gasteiger partial charge in [0.15, 0.2) is 0 Å². The van der Waals surface area contributed by atoms with Gasteiger partial charge in [-0.15, -0.1) is 0 Å². The molecule has 0 aliphatic heterocycles. The van der Waals surface area contributed by atoms with Crippen LogP contribution in [0.5, 0.6) is 0 Å². The molecule has 0 aliphatic rings. The Morgan fingerprint density at radius 1 is 1.73 bits per heavy atom. The Kier molecular flexibility index (Phi) is 4.52. The summed E-state index contributed by atoms with van der Waals surface area (Å²) in [5.41, 5.74) is 4.42. The van der Waals surface area contributed by atoms with E-state index in [0.29, 0.717) is 6.42 Å². The molecular weight excluding hydrogens is 162 g/mol. The standard InChI is InChI=1S/C7H15NO2S/c1-2-3-4-7(8,5-11)6(9)10/h11H,2-5,8H2,1H3,(H,9,10)/t7-/m1/s1. The van der Waals surface area contributed by atoms with Gasteiger partial charge in [0.05, 0.1) is 0 Å². The highest BCUT2D eigenvalue weighted by Crippen LogP contribution is 2.13. The third-order valence-electron chi connectivity index (χ3n) is 1.68. The molecule has 0 heterocycles. The molecule has 4 heteroatoms. The van der Waals surface area contributed by atoms with Crippen LogP contribution in [0.15, 0.2) is 0 Å². The maximum atomic E-state index is 10.6. The minimum Gasteiger partial charge on any atom is -0.480 e. The number of carboxylic acid groups (broad SMARTS) is 1. The highest BCUT2D eigenvalue weighted by Gasteiger charge is 2.31. The zero-order valence-corrected chi connectivity index (χ0v) is 7.60. The third kappa shape index (κ3) is 3.12. The number of aliphatic carboxylic acids is 1. The minimum absolute atomic E-state index is 0.197. The monoisotopic (exact) mass is 177 g/mol. The molecule has 0 aromatic rings.